The largest absolute Gasteiger partial charge is 0.386 e. The molecule has 1 aromatic heterocycles. The number of aryl methyl sites for hydroxylation is 1. The van der Waals surface area contributed by atoms with Gasteiger partial charge in [-0.05, 0) is 94.1 Å². The number of aliphatic hydroxyl groups excluding tert-OH is 1. The highest BCUT2D eigenvalue weighted by atomic mass is 35.5. The van der Waals surface area contributed by atoms with E-state index in [1.807, 2.05) is 17.7 Å². The minimum atomic E-state index is -1.10. The Labute approximate surface area is 296 Å². The molecule has 1 saturated carbocycles. The number of likely N-dealkylation sites (tertiary alicyclic amines) is 1. The fourth-order valence-corrected chi connectivity index (χ4v) is 10.3. The van der Waals surface area contributed by atoms with Crippen LogP contribution < -0.4 is 0 Å². The molecular formula is C38H55ClN6O4. The molecule has 2 N–H and O–H groups in total. The minimum Gasteiger partial charge on any atom is -0.386 e. The van der Waals surface area contributed by atoms with Crippen molar-refractivity contribution in [3.8, 4) is 0 Å². The van der Waals surface area contributed by atoms with Gasteiger partial charge in [0.1, 0.15) is 17.7 Å². The number of rotatable bonds is 6. The summed E-state index contributed by atoms with van der Waals surface area (Å²) in [6, 6.07) is -0.817. The predicted octanol–water partition coefficient (Wildman–Crippen LogP) is 4.61. The number of piperidine rings is 1. The first-order chi connectivity index (χ1) is 23.6. The van der Waals surface area contributed by atoms with Crippen molar-refractivity contribution in [1.82, 2.24) is 24.3 Å². The lowest BCUT2D eigenvalue weighted by molar-refractivity contribution is -0.160. The summed E-state index contributed by atoms with van der Waals surface area (Å²) in [6.07, 6.45) is 16.5. The van der Waals surface area contributed by atoms with Crippen molar-refractivity contribution in [1.29, 1.82) is 0 Å². The zero-order valence-electron chi connectivity index (χ0n) is 29.4. The summed E-state index contributed by atoms with van der Waals surface area (Å²) < 4.78 is 1.89. The summed E-state index contributed by atoms with van der Waals surface area (Å²) in [4.78, 5) is 44.3. The summed E-state index contributed by atoms with van der Waals surface area (Å²) in [7, 11) is 0. The van der Waals surface area contributed by atoms with Gasteiger partial charge in [0, 0.05) is 44.0 Å². The van der Waals surface area contributed by atoms with Gasteiger partial charge in [-0.1, -0.05) is 31.8 Å². The van der Waals surface area contributed by atoms with Gasteiger partial charge in [0.2, 0.25) is 5.91 Å². The third-order valence-electron chi connectivity index (χ3n) is 12.3. The fourth-order valence-electron chi connectivity index (χ4n) is 9.87. The van der Waals surface area contributed by atoms with Crippen LogP contribution in [0.1, 0.15) is 96.1 Å². The van der Waals surface area contributed by atoms with Gasteiger partial charge in [0.15, 0.2) is 0 Å². The second kappa shape index (κ2) is 14.6. The number of aliphatic hydroxyl groups is 2. The van der Waals surface area contributed by atoms with Gasteiger partial charge in [0.05, 0.1) is 36.8 Å². The summed E-state index contributed by atoms with van der Waals surface area (Å²) >= 11 is 6.81. The van der Waals surface area contributed by atoms with E-state index in [0.29, 0.717) is 51.5 Å². The third kappa shape index (κ3) is 7.30. The van der Waals surface area contributed by atoms with E-state index >= 15 is 0 Å². The molecule has 0 spiro atoms. The number of imidazole rings is 1. The molecule has 49 heavy (non-hydrogen) atoms. The number of carbonyl (C=O) groups is 2. The third-order valence-corrected chi connectivity index (χ3v) is 12.6. The van der Waals surface area contributed by atoms with E-state index in [1.165, 1.54) is 16.7 Å². The Kier molecular flexibility index (Phi) is 10.4. The van der Waals surface area contributed by atoms with Gasteiger partial charge in [0.25, 0.3) is 5.91 Å². The molecule has 268 valence electrons. The molecule has 10 nitrogen and oxygen atoms in total. The number of β-amino-alcohol motifs (C(OH)–C–C–N with tert-alkyl or cyclic N) is 1. The summed E-state index contributed by atoms with van der Waals surface area (Å²) in [5.41, 5.74) is 5.18. The lowest BCUT2D eigenvalue weighted by atomic mass is 9.78. The molecule has 2 amide bonds. The monoisotopic (exact) mass is 694 g/mol. The van der Waals surface area contributed by atoms with Crippen molar-refractivity contribution < 1.29 is 19.8 Å². The zero-order chi connectivity index (χ0) is 34.3. The molecule has 6 aliphatic rings. The van der Waals surface area contributed by atoms with Crippen LogP contribution in [0, 0.1) is 18.8 Å². The Morgan fingerprint density at radius 3 is 2.65 bits per heavy atom. The van der Waals surface area contributed by atoms with E-state index in [2.05, 4.69) is 23.0 Å². The van der Waals surface area contributed by atoms with Crippen LogP contribution in [-0.4, -0.2) is 114 Å². The predicted molar refractivity (Wildman–Crippen MR) is 190 cm³/mol. The maximum Gasteiger partial charge on any atom is 0.252 e. The van der Waals surface area contributed by atoms with E-state index in [0.717, 1.165) is 82.0 Å². The summed E-state index contributed by atoms with van der Waals surface area (Å²) in [6.45, 7) is 6.61. The standard InChI is InChI=1S/C38H55ClN6O4/c1-25-18-30(39)19-29-12-11-27-10-6-14-40-33(27)34(32(25)29)43-16-17-45(37(48)35(46)28-8-4-3-5-9-28)31(21-43)36(47)44-15-7-13-38(49,23-44)22-42-20-26(2)41-24-42/h14,20,24-25,28,30-31,34-35,46,49H,3-13,15-19,21-23H2,1-2H3/t25?,30?,31-,34-,35?,38?/m1/s1. The molecule has 1 aromatic rings. The van der Waals surface area contributed by atoms with E-state index in [9.17, 15) is 19.8 Å². The van der Waals surface area contributed by atoms with Crippen LogP contribution >= 0.6 is 11.6 Å². The first-order valence-electron chi connectivity index (χ1n) is 18.9. The highest BCUT2D eigenvalue weighted by Gasteiger charge is 2.47. The van der Waals surface area contributed by atoms with Gasteiger partial charge >= 0.3 is 0 Å². The van der Waals surface area contributed by atoms with Crippen molar-refractivity contribution in [2.45, 2.75) is 133 Å². The van der Waals surface area contributed by atoms with Crippen LogP contribution in [-0.2, 0) is 16.1 Å². The number of alkyl halides is 1. The number of nitrogens with zero attached hydrogens (tertiary/aromatic N) is 6. The number of carbonyl (C=O) groups excluding carboxylic acids is 2. The maximum atomic E-state index is 14.8. The van der Waals surface area contributed by atoms with Crippen LogP contribution in [0.3, 0.4) is 0 Å². The first kappa shape index (κ1) is 34.9. The summed E-state index contributed by atoms with van der Waals surface area (Å²) in [5.74, 6) is -0.237. The number of piperazine rings is 1. The highest BCUT2D eigenvalue weighted by Crippen LogP contribution is 2.45. The van der Waals surface area contributed by atoms with Crippen molar-refractivity contribution in [2.24, 2.45) is 16.8 Å². The van der Waals surface area contributed by atoms with Crippen molar-refractivity contribution in [2.75, 3.05) is 32.7 Å². The molecule has 6 atom stereocenters. The fraction of sp³-hybridized carbons (Fsp3) is 0.737. The number of allylic oxidation sites excluding steroid dienone is 2. The topological polar surface area (TPSA) is 114 Å². The van der Waals surface area contributed by atoms with Crippen LogP contribution in [0.15, 0.2) is 39.9 Å². The lowest BCUT2D eigenvalue weighted by Crippen LogP contribution is -2.66. The molecular weight excluding hydrogens is 640 g/mol. The maximum absolute atomic E-state index is 14.8. The van der Waals surface area contributed by atoms with Crippen LogP contribution in [0.2, 0.25) is 0 Å². The Morgan fingerprint density at radius 2 is 1.88 bits per heavy atom. The lowest BCUT2D eigenvalue weighted by Gasteiger charge is -2.49. The second-order valence-corrected chi connectivity index (χ2v) is 16.5. The smallest absolute Gasteiger partial charge is 0.252 e. The van der Waals surface area contributed by atoms with Gasteiger partial charge in [-0.25, -0.2) is 4.98 Å². The van der Waals surface area contributed by atoms with E-state index in [-0.39, 0.29) is 35.7 Å². The van der Waals surface area contributed by atoms with Gasteiger partial charge in [-0.3, -0.25) is 19.5 Å². The average Bonchev–Trinajstić information content (AvgIpc) is 3.42. The normalized spacial score (nSPS) is 32.5. The quantitative estimate of drug-likeness (QED) is 0.332. The second-order valence-electron chi connectivity index (χ2n) is 15.9. The van der Waals surface area contributed by atoms with Gasteiger partial charge in [-0.2, -0.15) is 0 Å². The minimum absolute atomic E-state index is 0.0539. The van der Waals surface area contributed by atoms with E-state index in [4.69, 9.17) is 16.6 Å². The molecule has 0 bridgehead atoms. The Morgan fingerprint density at radius 1 is 1.08 bits per heavy atom. The molecule has 4 unspecified atom stereocenters. The van der Waals surface area contributed by atoms with Gasteiger partial charge < -0.3 is 24.6 Å². The Hall–Kier alpha value is -2.53. The molecule has 4 heterocycles. The number of aromatic nitrogens is 2. The number of aliphatic imine (C=N–C) groups is 1. The van der Waals surface area contributed by atoms with Crippen molar-refractivity contribution in [3.63, 3.8) is 0 Å². The number of hydrogen-bond donors (Lipinski definition) is 2. The number of amides is 2. The molecule has 3 aliphatic carbocycles. The SMILES string of the molecule is Cc1cn(CC2(O)CCCN(C(=O)[C@H]3CN([C@H]4C5=C(CCC=N5)CCC5=C4C(C)CC(Cl)C5)CCN3C(=O)C(O)C3CCCCC3)C2)cn1. The van der Waals surface area contributed by atoms with Crippen molar-refractivity contribution in [3.05, 3.63) is 40.6 Å². The van der Waals surface area contributed by atoms with E-state index in [1.54, 1.807) is 16.1 Å². The summed E-state index contributed by atoms with van der Waals surface area (Å²) in [5, 5.41) is 23.3. The molecule has 3 fully saturated rings. The van der Waals surface area contributed by atoms with Gasteiger partial charge in [-0.15, -0.1) is 11.6 Å². The number of hydrogen-bond acceptors (Lipinski definition) is 7. The molecule has 2 saturated heterocycles. The molecule has 7 rings (SSSR count). The Bertz CT molecular complexity index is 1500. The first-order valence-corrected chi connectivity index (χ1v) is 19.4. The molecule has 3 aliphatic heterocycles. The van der Waals surface area contributed by atoms with Crippen LogP contribution in [0.5, 0.6) is 0 Å². The van der Waals surface area contributed by atoms with Crippen LogP contribution in [0.4, 0.5) is 0 Å². The molecule has 0 aromatic carbocycles. The number of halogens is 1. The zero-order valence-corrected chi connectivity index (χ0v) is 30.2. The average molecular weight is 695 g/mol. The Balaban J connectivity index is 1.20. The molecule has 11 heteroatoms. The van der Waals surface area contributed by atoms with E-state index < -0.39 is 17.7 Å². The molecule has 0 radical (unpaired) electrons. The highest BCUT2D eigenvalue weighted by molar-refractivity contribution is 6.20. The van der Waals surface area contributed by atoms with Crippen LogP contribution in [0.25, 0.3) is 0 Å². The van der Waals surface area contributed by atoms with Crippen molar-refractivity contribution >= 4 is 29.6 Å².